The van der Waals surface area contributed by atoms with E-state index in [2.05, 4.69) is 0 Å². The Balaban J connectivity index is 2.06. The Labute approximate surface area is 104 Å². The summed E-state index contributed by atoms with van der Waals surface area (Å²) >= 11 is 0. The average Bonchev–Trinajstić information content (AvgIpc) is 2.26. The van der Waals surface area contributed by atoms with Crippen LogP contribution in [0.3, 0.4) is 0 Å². The maximum atomic E-state index is 11.0. The predicted octanol–water partition coefficient (Wildman–Crippen LogP) is -0.0532. The molecule has 1 aliphatic heterocycles. The number of carbonyl (C=O) groups is 1. The second-order valence-electron chi connectivity index (χ2n) is 4.21. The van der Waals surface area contributed by atoms with E-state index in [4.69, 9.17) is 15.6 Å². The molecule has 0 aromatic heterocycles. The van der Waals surface area contributed by atoms with Crippen molar-refractivity contribution in [3.63, 3.8) is 0 Å². The SMILES string of the molecule is NC(C(=O)O)c1cccc(OC2CS(=O)(=O)C2)c1. The zero-order chi connectivity index (χ0) is 13.3. The zero-order valence-corrected chi connectivity index (χ0v) is 10.3. The van der Waals surface area contributed by atoms with Crippen LogP contribution < -0.4 is 10.5 Å². The van der Waals surface area contributed by atoms with Gasteiger partial charge in [0.1, 0.15) is 17.9 Å². The lowest BCUT2D eigenvalue weighted by molar-refractivity contribution is -0.138. The van der Waals surface area contributed by atoms with Crippen molar-refractivity contribution in [2.24, 2.45) is 5.73 Å². The van der Waals surface area contributed by atoms with E-state index in [0.29, 0.717) is 11.3 Å². The van der Waals surface area contributed by atoms with Crippen LogP contribution in [0.1, 0.15) is 11.6 Å². The summed E-state index contributed by atoms with van der Waals surface area (Å²) < 4.78 is 27.4. The zero-order valence-electron chi connectivity index (χ0n) is 9.44. The first-order chi connectivity index (χ1) is 8.37. The van der Waals surface area contributed by atoms with Crippen molar-refractivity contribution in [1.29, 1.82) is 0 Å². The smallest absolute Gasteiger partial charge is 0.325 e. The average molecular weight is 271 g/mol. The first-order valence-corrected chi connectivity index (χ1v) is 7.15. The van der Waals surface area contributed by atoms with Gasteiger partial charge in [-0.1, -0.05) is 12.1 Å². The standard InChI is InChI=1S/C11H13NO5S/c12-10(11(13)14)7-2-1-3-8(4-7)17-9-5-18(15,16)6-9/h1-4,9-10H,5-6,12H2,(H,13,14). The number of benzene rings is 1. The summed E-state index contributed by atoms with van der Waals surface area (Å²) in [4.78, 5) is 10.7. The van der Waals surface area contributed by atoms with Gasteiger partial charge in [0.25, 0.3) is 0 Å². The van der Waals surface area contributed by atoms with Crippen LogP contribution in [-0.4, -0.2) is 37.1 Å². The number of nitrogens with two attached hydrogens (primary N) is 1. The molecule has 0 bridgehead atoms. The lowest BCUT2D eigenvalue weighted by Gasteiger charge is -2.26. The summed E-state index contributed by atoms with van der Waals surface area (Å²) in [5, 5.41) is 8.79. The molecule has 1 saturated heterocycles. The van der Waals surface area contributed by atoms with E-state index in [1.165, 1.54) is 6.07 Å². The highest BCUT2D eigenvalue weighted by molar-refractivity contribution is 7.92. The molecule has 0 saturated carbocycles. The third-order valence-electron chi connectivity index (χ3n) is 2.67. The lowest BCUT2D eigenvalue weighted by Crippen LogP contribution is -2.45. The van der Waals surface area contributed by atoms with Crippen molar-refractivity contribution in [3.05, 3.63) is 29.8 Å². The van der Waals surface area contributed by atoms with Crippen LogP contribution in [0.5, 0.6) is 5.75 Å². The maximum absolute atomic E-state index is 11.0. The molecule has 1 unspecified atom stereocenters. The predicted molar refractivity (Wildman–Crippen MR) is 64.1 cm³/mol. The first-order valence-electron chi connectivity index (χ1n) is 5.33. The molecule has 1 aliphatic rings. The molecule has 1 atom stereocenters. The van der Waals surface area contributed by atoms with Gasteiger partial charge in [0.15, 0.2) is 9.84 Å². The third kappa shape index (κ3) is 2.80. The van der Waals surface area contributed by atoms with Crippen LogP contribution in [0.15, 0.2) is 24.3 Å². The minimum atomic E-state index is -2.93. The second-order valence-corrected chi connectivity index (χ2v) is 6.36. The number of aliphatic carboxylic acids is 1. The van der Waals surface area contributed by atoms with Gasteiger partial charge in [0.05, 0.1) is 11.5 Å². The molecule has 0 spiro atoms. The van der Waals surface area contributed by atoms with Gasteiger partial charge in [-0.25, -0.2) is 8.42 Å². The van der Waals surface area contributed by atoms with Gasteiger partial charge in [-0.2, -0.15) is 0 Å². The highest BCUT2D eigenvalue weighted by Crippen LogP contribution is 2.22. The highest BCUT2D eigenvalue weighted by Gasteiger charge is 2.35. The number of hydrogen-bond donors (Lipinski definition) is 2. The second kappa shape index (κ2) is 4.58. The fourth-order valence-corrected chi connectivity index (χ4v) is 2.87. The fraction of sp³-hybridized carbons (Fsp3) is 0.364. The number of sulfone groups is 1. The molecule has 0 amide bonds. The molecule has 1 fully saturated rings. The van der Waals surface area contributed by atoms with Gasteiger partial charge < -0.3 is 15.6 Å². The Morgan fingerprint density at radius 1 is 1.44 bits per heavy atom. The Hall–Kier alpha value is -1.60. The third-order valence-corrected chi connectivity index (χ3v) is 4.42. The minimum absolute atomic E-state index is 0.00219. The van der Waals surface area contributed by atoms with E-state index in [1.54, 1.807) is 18.2 Å². The lowest BCUT2D eigenvalue weighted by atomic mass is 10.1. The van der Waals surface area contributed by atoms with Gasteiger partial charge in [-0.15, -0.1) is 0 Å². The normalized spacial score (nSPS) is 19.8. The minimum Gasteiger partial charge on any atom is -0.488 e. The monoisotopic (exact) mass is 271 g/mol. The summed E-state index contributed by atoms with van der Waals surface area (Å²) in [6.07, 6.45) is -0.355. The molecule has 7 heteroatoms. The molecule has 98 valence electrons. The molecule has 1 aromatic rings. The van der Waals surface area contributed by atoms with Gasteiger partial charge >= 0.3 is 5.97 Å². The Bertz CT molecular complexity index is 557. The molecule has 6 nitrogen and oxygen atoms in total. The summed E-state index contributed by atoms with van der Waals surface area (Å²) in [6, 6.07) is 5.26. The van der Waals surface area contributed by atoms with Crippen molar-refractivity contribution in [1.82, 2.24) is 0 Å². The van der Waals surface area contributed by atoms with Gasteiger partial charge in [-0.3, -0.25) is 4.79 Å². The van der Waals surface area contributed by atoms with Crippen molar-refractivity contribution >= 4 is 15.8 Å². The van der Waals surface area contributed by atoms with Gasteiger partial charge in [0.2, 0.25) is 0 Å². The largest absolute Gasteiger partial charge is 0.488 e. The molecule has 1 heterocycles. The summed E-state index contributed by atoms with van der Waals surface area (Å²) in [7, 11) is -2.93. The van der Waals surface area contributed by atoms with Crippen LogP contribution in [0, 0.1) is 0 Å². The summed E-state index contributed by atoms with van der Waals surface area (Å²) in [5.74, 6) is -0.688. The topological polar surface area (TPSA) is 107 Å². The molecule has 0 aliphatic carbocycles. The highest BCUT2D eigenvalue weighted by atomic mass is 32.2. The molecule has 3 N–H and O–H groups in total. The van der Waals surface area contributed by atoms with E-state index in [0.717, 1.165) is 0 Å². The van der Waals surface area contributed by atoms with Crippen molar-refractivity contribution in [2.75, 3.05) is 11.5 Å². The number of carboxylic acid groups (broad SMARTS) is 1. The molecule has 0 radical (unpaired) electrons. The molecular formula is C11H13NO5S. The maximum Gasteiger partial charge on any atom is 0.325 e. The van der Waals surface area contributed by atoms with Gasteiger partial charge in [0, 0.05) is 0 Å². The Kier molecular flexibility index (Phi) is 3.27. The first kappa shape index (κ1) is 12.8. The fourth-order valence-electron chi connectivity index (χ4n) is 1.70. The number of hydrogen-bond acceptors (Lipinski definition) is 5. The Morgan fingerprint density at radius 3 is 2.67 bits per heavy atom. The number of rotatable bonds is 4. The van der Waals surface area contributed by atoms with Crippen molar-refractivity contribution in [3.8, 4) is 5.75 Å². The summed E-state index contributed by atoms with van der Waals surface area (Å²) in [5.41, 5.74) is 5.89. The summed E-state index contributed by atoms with van der Waals surface area (Å²) in [6.45, 7) is 0. The number of ether oxygens (including phenoxy) is 1. The van der Waals surface area contributed by atoms with Crippen LogP contribution in [0.4, 0.5) is 0 Å². The Morgan fingerprint density at radius 2 is 2.11 bits per heavy atom. The van der Waals surface area contributed by atoms with E-state index in [9.17, 15) is 13.2 Å². The van der Waals surface area contributed by atoms with E-state index in [-0.39, 0.29) is 17.6 Å². The molecule has 2 rings (SSSR count). The number of carboxylic acids is 1. The van der Waals surface area contributed by atoms with Crippen molar-refractivity contribution in [2.45, 2.75) is 12.1 Å². The van der Waals surface area contributed by atoms with Crippen LogP contribution >= 0.6 is 0 Å². The van der Waals surface area contributed by atoms with Crippen LogP contribution in [0.2, 0.25) is 0 Å². The van der Waals surface area contributed by atoms with Crippen molar-refractivity contribution < 1.29 is 23.1 Å². The van der Waals surface area contributed by atoms with E-state index >= 15 is 0 Å². The molecule has 1 aromatic carbocycles. The van der Waals surface area contributed by atoms with E-state index < -0.39 is 21.8 Å². The quantitative estimate of drug-likeness (QED) is 0.795. The van der Waals surface area contributed by atoms with Crippen LogP contribution in [-0.2, 0) is 14.6 Å². The van der Waals surface area contributed by atoms with Gasteiger partial charge in [-0.05, 0) is 17.7 Å². The van der Waals surface area contributed by atoms with E-state index in [1.807, 2.05) is 0 Å². The molecular weight excluding hydrogens is 258 g/mol. The molecule has 18 heavy (non-hydrogen) atoms. The van der Waals surface area contributed by atoms with Crippen LogP contribution in [0.25, 0.3) is 0 Å².